The molecule has 0 N–H and O–H groups in total. The molecule has 0 spiro atoms. The predicted molar refractivity (Wildman–Crippen MR) is 45.6 cm³/mol. The van der Waals surface area contributed by atoms with Crippen molar-refractivity contribution in [3.63, 3.8) is 0 Å². The fourth-order valence-corrected chi connectivity index (χ4v) is 0.941. The summed E-state index contributed by atoms with van der Waals surface area (Å²) in [6, 6.07) is 8.40. The van der Waals surface area contributed by atoms with E-state index < -0.39 is 0 Å². The molecular formula is C9H10ClO. The van der Waals surface area contributed by atoms with Crippen molar-refractivity contribution in [3.8, 4) is 0 Å². The summed E-state index contributed by atoms with van der Waals surface area (Å²) in [6.07, 6.45) is 0. The zero-order chi connectivity index (χ0) is 8.10. The Morgan fingerprint density at radius 2 is 2.45 bits per heavy atom. The van der Waals surface area contributed by atoms with Crippen LogP contribution in [0.1, 0.15) is 12.5 Å². The van der Waals surface area contributed by atoms with Gasteiger partial charge < -0.3 is 4.74 Å². The third-order valence-electron chi connectivity index (χ3n) is 1.35. The van der Waals surface area contributed by atoms with Gasteiger partial charge in [-0.25, -0.2) is 0 Å². The van der Waals surface area contributed by atoms with E-state index in [-0.39, 0.29) is 0 Å². The Balaban J connectivity index is 2.62. The van der Waals surface area contributed by atoms with E-state index in [1.165, 1.54) is 0 Å². The van der Waals surface area contributed by atoms with Gasteiger partial charge in [-0.3, -0.25) is 0 Å². The highest BCUT2D eigenvalue weighted by Crippen LogP contribution is 2.14. The van der Waals surface area contributed by atoms with E-state index in [9.17, 15) is 0 Å². The zero-order valence-electron chi connectivity index (χ0n) is 6.43. The highest BCUT2D eigenvalue weighted by molar-refractivity contribution is 6.31. The van der Waals surface area contributed by atoms with Crippen molar-refractivity contribution in [2.45, 2.75) is 13.5 Å². The van der Waals surface area contributed by atoms with Crippen LogP contribution >= 0.6 is 11.6 Å². The lowest BCUT2D eigenvalue weighted by Crippen LogP contribution is -1.91. The Hall–Kier alpha value is -0.530. The van der Waals surface area contributed by atoms with Crippen molar-refractivity contribution in [1.29, 1.82) is 0 Å². The Kier molecular flexibility index (Phi) is 3.40. The molecular weight excluding hydrogens is 160 g/mol. The first-order chi connectivity index (χ1) is 5.34. The highest BCUT2D eigenvalue weighted by Gasteiger charge is 1.96. The summed E-state index contributed by atoms with van der Waals surface area (Å²) in [6.45, 7) is 3.25. The van der Waals surface area contributed by atoms with Crippen LogP contribution in [0.15, 0.2) is 18.2 Å². The molecule has 11 heavy (non-hydrogen) atoms. The van der Waals surface area contributed by atoms with Crippen LogP contribution in [0.5, 0.6) is 0 Å². The van der Waals surface area contributed by atoms with Gasteiger partial charge in [0, 0.05) is 11.6 Å². The van der Waals surface area contributed by atoms with Crippen LogP contribution in [0.4, 0.5) is 0 Å². The molecule has 0 atom stereocenters. The van der Waals surface area contributed by atoms with Crippen LogP contribution in [-0.4, -0.2) is 6.61 Å². The Bertz CT molecular complexity index is 223. The highest BCUT2D eigenvalue weighted by atomic mass is 35.5. The smallest absolute Gasteiger partial charge is 0.0731 e. The quantitative estimate of drug-likeness (QED) is 0.676. The van der Waals surface area contributed by atoms with Crippen molar-refractivity contribution in [2.24, 2.45) is 0 Å². The molecule has 0 heterocycles. The fraction of sp³-hybridized carbons (Fsp3) is 0.333. The first-order valence-corrected chi connectivity index (χ1v) is 3.94. The molecule has 0 aromatic heterocycles. The molecule has 0 unspecified atom stereocenters. The lowest BCUT2D eigenvalue weighted by atomic mass is 10.2. The molecule has 1 rings (SSSR count). The minimum absolute atomic E-state index is 0.576. The van der Waals surface area contributed by atoms with Crippen molar-refractivity contribution >= 4 is 11.6 Å². The Morgan fingerprint density at radius 3 is 3.09 bits per heavy atom. The minimum Gasteiger partial charge on any atom is -0.377 e. The van der Waals surface area contributed by atoms with Crippen LogP contribution in [0.25, 0.3) is 0 Å². The van der Waals surface area contributed by atoms with Crippen LogP contribution in [-0.2, 0) is 11.3 Å². The van der Waals surface area contributed by atoms with E-state index in [0.717, 1.165) is 10.6 Å². The van der Waals surface area contributed by atoms with Gasteiger partial charge in [-0.05, 0) is 30.7 Å². The average Bonchev–Trinajstić information content (AvgIpc) is 2.03. The van der Waals surface area contributed by atoms with E-state index in [2.05, 4.69) is 6.07 Å². The second-order valence-electron chi connectivity index (χ2n) is 2.15. The van der Waals surface area contributed by atoms with Gasteiger partial charge in [-0.2, -0.15) is 0 Å². The summed E-state index contributed by atoms with van der Waals surface area (Å²) in [5, 5.41) is 0.747. The molecule has 1 aromatic carbocycles. The molecule has 0 saturated carbocycles. The van der Waals surface area contributed by atoms with E-state index in [1.807, 2.05) is 19.1 Å². The van der Waals surface area contributed by atoms with Crippen molar-refractivity contribution in [2.75, 3.05) is 6.61 Å². The van der Waals surface area contributed by atoms with Crippen LogP contribution in [0.3, 0.4) is 0 Å². The summed E-state index contributed by atoms with van der Waals surface area (Å²) in [5.74, 6) is 0. The number of hydrogen-bond donors (Lipinski definition) is 0. The van der Waals surface area contributed by atoms with Gasteiger partial charge in [0.05, 0.1) is 6.61 Å². The van der Waals surface area contributed by atoms with Gasteiger partial charge in [0.25, 0.3) is 0 Å². The fourth-order valence-electron chi connectivity index (χ4n) is 0.769. The standard InChI is InChI=1S/C9H10ClO/c1-2-11-7-8-5-3-4-6-9(8)10/h4-6H,2,7H2,1H3. The zero-order valence-corrected chi connectivity index (χ0v) is 7.19. The molecule has 2 heteroatoms. The second-order valence-corrected chi connectivity index (χ2v) is 2.56. The first kappa shape index (κ1) is 8.57. The summed E-state index contributed by atoms with van der Waals surface area (Å²) in [7, 11) is 0. The predicted octanol–water partition coefficient (Wildman–Crippen LogP) is 2.68. The van der Waals surface area contributed by atoms with E-state index in [4.69, 9.17) is 16.3 Å². The maximum absolute atomic E-state index is 5.86. The summed E-state index contributed by atoms with van der Waals surface area (Å²) in [5.41, 5.74) is 0.996. The Labute approximate surface area is 71.9 Å². The maximum Gasteiger partial charge on any atom is 0.0731 e. The van der Waals surface area contributed by atoms with Crippen LogP contribution in [0, 0.1) is 6.07 Å². The van der Waals surface area contributed by atoms with Crippen molar-refractivity contribution in [3.05, 3.63) is 34.9 Å². The van der Waals surface area contributed by atoms with Gasteiger partial charge in [0.2, 0.25) is 0 Å². The lowest BCUT2D eigenvalue weighted by Gasteiger charge is -2.02. The molecule has 0 fully saturated rings. The molecule has 1 radical (unpaired) electrons. The molecule has 59 valence electrons. The van der Waals surface area contributed by atoms with Gasteiger partial charge in [-0.1, -0.05) is 17.7 Å². The maximum atomic E-state index is 5.86. The number of halogens is 1. The minimum atomic E-state index is 0.576. The largest absolute Gasteiger partial charge is 0.377 e. The molecule has 0 bridgehead atoms. The molecule has 0 aliphatic heterocycles. The summed E-state index contributed by atoms with van der Waals surface area (Å²) < 4.78 is 5.20. The van der Waals surface area contributed by atoms with Crippen molar-refractivity contribution in [1.82, 2.24) is 0 Å². The molecule has 0 amide bonds. The summed E-state index contributed by atoms with van der Waals surface area (Å²) in [4.78, 5) is 0. The van der Waals surface area contributed by atoms with Gasteiger partial charge in [0.15, 0.2) is 0 Å². The SMILES string of the molecule is CCOCc1c[c]ccc1Cl. The third kappa shape index (κ3) is 2.52. The van der Waals surface area contributed by atoms with E-state index >= 15 is 0 Å². The van der Waals surface area contributed by atoms with Gasteiger partial charge in [-0.15, -0.1) is 0 Å². The van der Waals surface area contributed by atoms with E-state index in [1.54, 1.807) is 6.07 Å². The first-order valence-electron chi connectivity index (χ1n) is 3.57. The normalized spacial score (nSPS) is 10.0. The molecule has 0 aliphatic rings. The number of benzene rings is 1. The van der Waals surface area contributed by atoms with Crippen LogP contribution < -0.4 is 0 Å². The molecule has 0 aliphatic carbocycles. The summed E-state index contributed by atoms with van der Waals surface area (Å²) >= 11 is 5.86. The number of rotatable bonds is 3. The topological polar surface area (TPSA) is 9.23 Å². The Morgan fingerprint density at radius 1 is 1.64 bits per heavy atom. The molecule has 1 aromatic rings. The lowest BCUT2D eigenvalue weighted by molar-refractivity contribution is 0.134. The monoisotopic (exact) mass is 169 g/mol. The van der Waals surface area contributed by atoms with Gasteiger partial charge in [0.1, 0.15) is 0 Å². The number of ether oxygens (including phenoxy) is 1. The van der Waals surface area contributed by atoms with Crippen molar-refractivity contribution < 1.29 is 4.74 Å². The second kappa shape index (κ2) is 4.37. The molecule has 1 nitrogen and oxygen atoms in total. The van der Waals surface area contributed by atoms with E-state index in [0.29, 0.717) is 13.2 Å². The van der Waals surface area contributed by atoms with Gasteiger partial charge >= 0.3 is 0 Å². The molecule has 0 saturated heterocycles. The van der Waals surface area contributed by atoms with Crippen LogP contribution in [0.2, 0.25) is 5.02 Å². The number of hydrogen-bond acceptors (Lipinski definition) is 1. The average molecular weight is 170 g/mol. The third-order valence-corrected chi connectivity index (χ3v) is 1.72.